The van der Waals surface area contributed by atoms with Crippen molar-refractivity contribution >= 4 is 17.6 Å². The molecule has 19 heavy (non-hydrogen) atoms. The van der Waals surface area contributed by atoms with E-state index in [0.29, 0.717) is 6.07 Å². The SMILES string of the molecule is COC(=O)Cc1cc(Cl)nc(C(F)F)c1C(F)(F)F. The minimum atomic E-state index is -5.08. The standard InChI is InChI=1S/C10H7ClF5NO2/c1-19-6(18)3-4-2-5(11)17-8(9(12)13)7(4)10(14,15)16/h2,9H,3H2,1H3. The Hall–Kier alpha value is -1.44. The van der Waals surface area contributed by atoms with Gasteiger partial charge in [0, 0.05) is 0 Å². The van der Waals surface area contributed by atoms with Gasteiger partial charge in [-0.05, 0) is 11.6 Å². The van der Waals surface area contributed by atoms with Crippen molar-refractivity contribution in [1.82, 2.24) is 4.98 Å². The third kappa shape index (κ3) is 3.76. The summed E-state index contributed by atoms with van der Waals surface area (Å²) in [6, 6.07) is 0.715. The van der Waals surface area contributed by atoms with Crippen LogP contribution in [0.2, 0.25) is 5.15 Å². The van der Waals surface area contributed by atoms with Gasteiger partial charge in [-0.25, -0.2) is 13.8 Å². The van der Waals surface area contributed by atoms with E-state index in [1.54, 1.807) is 0 Å². The Bertz CT molecular complexity index is 490. The highest BCUT2D eigenvalue weighted by Gasteiger charge is 2.40. The van der Waals surface area contributed by atoms with Crippen LogP contribution in [-0.2, 0) is 22.1 Å². The maximum Gasteiger partial charge on any atom is 0.418 e. The minimum absolute atomic E-state index is 0.554. The number of carbonyl (C=O) groups is 1. The molecule has 0 N–H and O–H groups in total. The van der Waals surface area contributed by atoms with Crippen molar-refractivity contribution in [2.75, 3.05) is 7.11 Å². The van der Waals surface area contributed by atoms with Crippen LogP contribution in [0, 0.1) is 0 Å². The molecule has 1 aromatic heterocycles. The first-order valence-corrected chi connectivity index (χ1v) is 5.16. The molecule has 0 aliphatic rings. The number of hydrogen-bond donors (Lipinski definition) is 0. The van der Waals surface area contributed by atoms with Crippen LogP contribution in [0.15, 0.2) is 6.07 Å². The van der Waals surface area contributed by atoms with Crippen LogP contribution in [0.5, 0.6) is 0 Å². The molecule has 1 aromatic rings. The van der Waals surface area contributed by atoms with Crippen molar-refractivity contribution in [2.24, 2.45) is 0 Å². The lowest BCUT2D eigenvalue weighted by Crippen LogP contribution is -2.18. The third-order valence-corrected chi connectivity index (χ3v) is 2.34. The molecule has 9 heteroatoms. The average molecular weight is 304 g/mol. The summed E-state index contributed by atoms with van der Waals surface area (Å²) in [6.45, 7) is 0. The van der Waals surface area contributed by atoms with Crippen LogP contribution < -0.4 is 0 Å². The maximum atomic E-state index is 12.8. The molecular weight excluding hydrogens is 297 g/mol. The highest BCUT2D eigenvalue weighted by Crippen LogP contribution is 2.38. The smallest absolute Gasteiger partial charge is 0.418 e. The fourth-order valence-corrected chi connectivity index (χ4v) is 1.66. The molecule has 0 saturated heterocycles. The molecule has 106 valence electrons. The molecule has 0 radical (unpaired) electrons. The van der Waals surface area contributed by atoms with Crippen LogP contribution in [0.4, 0.5) is 22.0 Å². The summed E-state index contributed by atoms with van der Waals surface area (Å²) >= 11 is 5.38. The van der Waals surface area contributed by atoms with E-state index in [0.717, 1.165) is 7.11 Å². The van der Waals surface area contributed by atoms with Gasteiger partial charge in [0.15, 0.2) is 0 Å². The lowest BCUT2D eigenvalue weighted by Gasteiger charge is -2.16. The number of nitrogens with zero attached hydrogens (tertiary/aromatic N) is 1. The molecule has 0 saturated carbocycles. The van der Waals surface area contributed by atoms with Crippen molar-refractivity contribution in [3.05, 3.63) is 28.0 Å². The second-order valence-corrected chi connectivity index (χ2v) is 3.80. The second kappa shape index (κ2) is 5.68. The van der Waals surface area contributed by atoms with Gasteiger partial charge in [-0.15, -0.1) is 0 Å². The Morgan fingerprint density at radius 2 is 2.05 bits per heavy atom. The van der Waals surface area contributed by atoms with E-state index in [1.165, 1.54) is 0 Å². The summed E-state index contributed by atoms with van der Waals surface area (Å²) in [7, 11) is 0.965. The van der Waals surface area contributed by atoms with Crippen LogP contribution >= 0.6 is 11.6 Å². The summed E-state index contributed by atoms with van der Waals surface area (Å²) in [5.74, 6) is -1.01. The van der Waals surface area contributed by atoms with Crippen molar-refractivity contribution in [3.8, 4) is 0 Å². The quantitative estimate of drug-likeness (QED) is 0.488. The zero-order valence-corrected chi connectivity index (χ0v) is 10.1. The number of aromatic nitrogens is 1. The monoisotopic (exact) mass is 303 g/mol. The first-order valence-electron chi connectivity index (χ1n) is 4.78. The fourth-order valence-electron chi connectivity index (χ4n) is 1.44. The second-order valence-electron chi connectivity index (χ2n) is 3.42. The maximum absolute atomic E-state index is 12.8. The summed E-state index contributed by atoms with van der Waals surface area (Å²) < 4.78 is 67.8. The molecule has 1 rings (SSSR count). The van der Waals surface area contributed by atoms with Crippen LogP contribution in [0.25, 0.3) is 0 Å². The number of halogens is 6. The van der Waals surface area contributed by atoms with Crippen LogP contribution in [0.3, 0.4) is 0 Å². The van der Waals surface area contributed by atoms with Gasteiger partial charge in [0.05, 0.1) is 19.1 Å². The zero-order valence-electron chi connectivity index (χ0n) is 9.39. The Kier molecular flexibility index (Phi) is 4.67. The Balaban J connectivity index is 3.47. The van der Waals surface area contributed by atoms with Crippen molar-refractivity contribution in [3.63, 3.8) is 0 Å². The highest BCUT2D eigenvalue weighted by atomic mass is 35.5. The van der Waals surface area contributed by atoms with Gasteiger partial charge >= 0.3 is 12.1 Å². The number of esters is 1. The summed E-state index contributed by atoms with van der Waals surface area (Å²) in [5.41, 5.74) is -3.86. The van der Waals surface area contributed by atoms with E-state index in [-0.39, 0.29) is 0 Å². The van der Waals surface area contributed by atoms with E-state index < -0.39 is 47.0 Å². The number of pyridine rings is 1. The van der Waals surface area contributed by atoms with E-state index in [4.69, 9.17) is 11.6 Å². The molecule has 0 aromatic carbocycles. The van der Waals surface area contributed by atoms with Gasteiger partial charge in [0.1, 0.15) is 10.8 Å². The van der Waals surface area contributed by atoms with Crippen LogP contribution in [-0.4, -0.2) is 18.1 Å². The minimum Gasteiger partial charge on any atom is -0.469 e. The summed E-state index contributed by atoms with van der Waals surface area (Å²) in [6.07, 6.45) is -9.37. The highest BCUT2D eigenvalue weighted by molar-refractivity contribution is 6.29. The zero-order chi connectivity index (χ0) is 14.8. The first-order chi connectivity index (χ1) is 8.66. The van der Waals surface area contributed by atoms with Gasteiger partial charge in [0.2, 0.25) is 0 Å². The average Bonchev–Trinajstić information content (AvgIpc) is 2.25. The van der Waals surface area contributed by atoms with E-state index in [2.05, 4.69) is 9.72 Å². The molecule has 1 heterocycles. The van der Waals surface area contributed by atoms with Crippen molar-refractivity contribution in [2.45, 2.75) is 19.0 Å². The van der Waals surface area contributed by atoms with Gasteiger partial charge in [-0.3, -0.25) is 4.79 Å². The molecule has 0 amide bonds. The predicted molar refractivity (Wildman–Crippen MR) is 54.9 cm³/mol. The fraction of sp³-hybridized carbons (Fsp3) is 0.400. The number of rotatable bonds is 3. The van der Waals surface area contributed by atoms with Gasteiger partial charge in [-0.1, -0.05) is 11.6 Å². The molecule has 0 atom stereocenters. The number of methoxy groups -OCH3 is 1. The summed E-state index contributed by atoms with van der Waals surface area (Å²) in [4.78, 5) is 14.0. The normalized spacial score (nSPS) is 11.8. The number of ether oxygens (including phenoxy) is 1. The molecule has 0 aliphatic heterocycles. The topological polar surface area (TPSA) is 39.2 Å². The van der Waals surface area contributed by atoms with E-state index in [9.17, 15) is 26.7 Å². The first kappa shape index (κ1) is 15.6. The van der Waals surface area contributed by atoms with E-state index >= 15 is 0 Å². The molecule has 0 aliphatic carbocycles. The Labute approximate surface area is 109 Å². The molecule has 0 spiro atoms. The Morgan fingerprint density at radius 3 is 2.47 bits per heavy atom. The summed E-state index contributed by atoms with van der Waals surface area (Å²) in [5, 5.41) is -0.554. The largest absolute Gasteiger partial charge is 0.469 e. The molecule has 0 bridgehead atoms. The van der Waals surface area contributed by atoms with Crippen molar-refractivity contribution in [1.29, 1.82) is 0 Å². The van der Waals surface area contributed by atoms with Gasteiger partial charge in [-0.2, -0.15) is 13.2 Å². The number of hydrogen-bond acceptors (Lipinski definition) is 3. The van der Waals surface area contributed by atoms with Crippen molar-refractivity contribution < 1.29 is 31.5 Å². The third-order valence-electron chi connectivity index (χ3n) is 2.15. The van der Waals surface area contributed by atoms with Gasteiger partial charge in [0.25, 0.3) is 6.43 Å². The number of carbonyl (C=O) groups excluding carboxylic acids is 1. The lowest BCUT2D eigenvalue weighted by atomic mass is 10.0. The lowest BCUT2D eigenvalue weighted by molar-refractivity contribution is -0.142. The van der Waals surface area contributed by atoms with Gasteiger partial charge < -0.3 is 4.74 Å². The predicted octanol–water partition coefficient (Wildman–Crippen LogP) is 3.41. The Morgan fingerprint density at radius 1 is 1.47 bits per heavy atom. The van der Waals surface area contributed by atoms with E-state index in [1.807, 2.05) is 0 Å². The molecule has 3 nitrogen and oxygen atoms in total. The molecule has 0 unspecified atom stereocenters. The molecular formula is C10H7ClF5NO2. The molecule has 0 fully saturated rings. The van der Waals surface area contributed by atoms with Crippen LogP contribution in [0.1, 0.15) is 23.2 Å². The number of alkyl halides is 5.